The monoisotopic (exact) mass is 338 g/mol. The molecule has 1 fully saturated rings. The molecule has 3 heteroatoms. The first-order chi connectivity index (χ1) is 9.62. The smallest absolute Gasteiger partial charge is 0.0358 e. The predicted molar refractivity (Wildman–Crippen MR) is 89.9 cm³/mol. The summed E-state index contributed by atoms with van der Waals surface area (Å²) in [4.78, 5) is 2.65. The number of rotatable bonds is 6. The third-order valence-corrected chi connectivity index (χ3v) is 5.55. The van der Waals surface area contributed by atoms with Gasteiger partial charge in [-0.1, -0.05) is 41.9 Å². The van der Waals surface area contributed by atoms with Crippen molar-refractivity contribution in [3.8, 4) is 0 Å². The van der Waals surface area contributed by atoms with E-state index in [0.29, 0.717) is 0 Å². The second-order valence-electron chi connectivity index (χ2n) is 5.94. The van der Waals surface area contributed by atoms with Gasteiger partial charge in [-0.15, -0.1) is 0 Å². The van der Waals surface area contributed by atoms with E-state index in [9.17, 15) is 0 Å². The summed E-state index contributed by atoms with van der Waals surface area (Å²) in [6.45, 7) is 7.03. The Morgan fingerprint density at radius 2 is 1.70 bits per heavy atom. The van der Waals surface area contributed by atoms with E-state index in [2.05, 4.69) is 58.9 Å². The molecule has 1 saturated heterocycles. The minimum absolute atomic E-state index is 0.170. The van der Waals surface area contributed by atoms with Gasteiger partial charge in [-0.3, -0.25) is 4.90 Å². The minimum atomic E-state index is 0.170. The number of hydrogen-bond acceptors (Lipinski definition) is 2. The van der Waals surface area contributed by atoms with E-state index in [1.54, 1.807) is 0 Å². The average molecular weight is 339 g/mol. The van der Waals surface area contributed by atoms with Gasteiger partial charge in [0.05, 0.1) is 0 Å². The highest BCUT2D eigenvalue weighted by atomic mass is 79.9. The fourth-order valence-corrected chi connectivity index (χ4v) is 3.95. The van der Waals surface area contributed by atoms with Gasteiger partial charge in [0.2, 0.25) is 0 Å². The molecule has 2 N–H and O–H groups in total. The van der Waals surface area contributed by atoms with Gasteiger partial charge in [0.1, 0.15) is 0 Å². The van der Waals surface area contributed by atoms with Gasteiger partial charge in [-0.2, -0.15) is 0 Å². The van der Waals surface area contributed by atoms with Crippen LogP contribution in [0.3, 0.4) is 0 Å². The molecule has 20 heavy (non-hydrogen) atoms. The Labute approximate surface area is 131 Å². The first-order valence-corrected chi connectivity index (χ1v) is 8.66. The van der Waals surface area contributed by atoms with Gasteiger partial charge < -0.3 is 5.73 Å². The van der Waals surface area contributed by atoms with Gasteiger partial charge in [0, 0.05) is 16.1 Å². The van der Waals surface area contributed by atoms with Crippen LogP contribution in [0, 0.1) is 0 Å². The van der Waals surface area contributed by atoms with Gasteiger partial charge >= 0.3 is 0 Å². The Morgan fingerprint density at radius 1 is 1.15 bits per heavy atom. The predicted octanol–water partition coefficient (Wildman–Crippen LogP) is 3.97. The maximum absolute atomic E-state index is 6.67. The first-order valence-electron chi connectivity index (χ1n) is 7.87. The molecule has 0 spiro atoms. The number of nitrogens with two attached hydrogens (primary N) is 1. The lowest BCUT2D eigenvalue weighted by atomic mass is 9.80. The molecule has 1 unspecified atom stereocenters. The summed E-state index contributed by atoms with van der Waals surface area (Å²) in [6, 6.07) is 8.79. The highest BCUT2D eigenvalue weighted by Crippen LogP contribution is 2.32. The van der Waals surface area contributed by atoms with Crippen LogP contribution < -0.4 is 5.73 Å². The number of nitrogens with zero attached hydrogens (tertiary/aromatic N) is 1. The molecule has 1 aliphatic rings. The summed E-state index contributed by atoms with van der Waals surface area (Å²) in [6.07, 6.45) is 5.90. The van der Waals surface area contributed by atoms with E-state index in [-0.39, 0.29) is 11.6 Å². The van der Waals surface area contributed by atoms with Gasteiger partial charge in [-0.25, -0.2) is 0 Å². The Hall–Kier alpha value is -0.380. The zero-order valence-corrected chi connectivity index (χ0v) is 14.3. The molecule has 0 aromatic heterocycles. The van der Waals surface area contributed by atoms with Crippen LogP contribution in [-0.2, 0) is 6.42 Å². The van der Waals surface area contributed by atoms with E-state index in [1.807, 2.05) is 0 Å². The van der Waals surface area contributed by atoms with Gasteiger partial charge in [0.25, 0.3) is 0 Å². The van der Waals surface area contributed by atoms with Crippen molar-refractivity contribution < 1.29 is 0 Å². The number of halogens is 1. The molecule has 1 aromatic carbocycles. The average Bonchev–Trinajstić information content (AvgIpc) is 2.98. The molecular weight excluding hydrogens is 312 g/mol. The highest BCUT2D eigenvalue weighted by molar-refractivity contribution is 9.10. The molecule has 0 aliphatic carbocycles. The lowest BCUT2D eigenvalue weighted by Crippen LogP contribution is -2.59. The largest absolute Gasteiger partial charge is 0.326 e. The molecule has 0 radical (unpaired) electrons. The van der Waals surface area contributed by atoms with Gasteiger partial charge in [0.15, 0.2) is 0 Å². The van der Waals surface area contributed by atoms with Crippen molar-refractivity contribution in [1.29, 1.82) is 0 Å². The van der Waals surface area contributed by atoms with E-state index in [0.717, 1.165) is 23.7 Å². The van der Waals surface area contributed by atoms with Crippen LogP contribution in [0.15, 0.2) is 28.7 Å². The van der Waals surface area contributed by atoms with E-state index >= 15 is 0 Å². The SMILES string of the molecule is CCC(CC)(C(N)Cc1ccc(Br)cc1)N1CCCC1. The van der Waals surface area contributed by atoms with Crippen LogP contribution in [0.25, 0.3) is 0 Å². The van der Waals surface area contributed by atoms with Crippen molar-refractivity contribution in [1.82, 2.24) is 4.90 Å². The summed E-state index contributed by atoms with van der Waals surface area (Å²) in [5, 5.41) is 0. The zero-order chi connectivity index (χ0) is 14.6. The topological polar surface area (TPSA) is 29.3 Å². The molecule has 1 atom stereocenters. The van der Waals surface area contributed by atoms with Crippen LogP contribution >= 0.6 is 15.9 Å². The van der Waals surface area contributed by atoms with Gasteiger partial charge in [-0.05, 0) is 62.9 Å². The van der Waals surface area contributed by atoms with E-state index < -0.39 is 0 Å². The second-order valence-corrected chi connectivity index (χ2v) is 6.86. The van der Waals surface area contributed by atoms with Crippen molar-refractivity contribution in [3.05, 3.63) is 34.3 Å². The summed E-state index contributed by atoms with van der Waals surface area (Å²) in [5.74, 6) is 0. The Bertz CT molecular complexity index is 406. The fourth-order valence-electron chi connectivity index (χ4n) is 3.68. The third-order valence-electron chi connectivity index (χ3n) is 5.02. The number of benzene rings is 1. The maximum Gasteiger partial charge on any atom is 0.0358 e. The normalized spacial score (nSPS) is 18.4. The van der Waals surface area contributed by atoms with Crippen molar-refractivity contribution in [2.45, 2.75) is 57.5 Å². The van der Waals surface area contributed by atoms with Crippen molar-refractivity contribution >= 4 is 15.9 Å². The molecule has 1 aromatic rings. The summed E-state index contributed by atoms with van der Waals surface area (Å²) < 4.78 is 1.13. The Balaban J connectivity index is 2.13. The van der Waals surface area contributed by atoms with E-state index in [4.69, 9.17) is 5.73 Å². The van der Waals surface area contributed by atoms with Crippen molar-refractivity contribution in [2.24, 2.45) is 5.73 Å². The first kappa shape index (κ1) is 16.0. The number of likely N-dealkylation sites (tertiary alicyclic amines) is 1. The molecule has 0 amide bonds. The molecule has 0 bridgehead atoms. The number of hydrogen-bond donors (Lipinski definition) is 1. The van der Waals surface area contributed by atoms with Crippen LogP contribution in [-0.4, -0.2) is 29.6 Å². The lowest BCUT2D eigenvalue weighted by molar-refractivity contribution is 0.0768. The lowest BCUT2D eigenvalue weighted by Gasteiger charge is -2.45. The summed E-state index contributed by atoms with van der Waals surface area (Å²) in [5.41, 5.74) is 8.18. The molecule has 0 saturated carbocycles. The fraction of sp³-hybridized carbons (Fsp3) is 0.647. The van der Waals surface area contributed by atoms with Crippen molar-refractivity contribution in [2.75, 3.05) is 13.1 Å². The molecule has 2 nitrogen and oxygen atoms in total. The Kier molecular flexibility index (Phi) is 5.65. The van der Waals surface area contributed by atoms with Crippen LogP contribution in [0.2, 0.25) is 0 Å². The van der Waals surface area contributed by atoms with Crippen molar-refractivity contribution in [3.63, 3.8) is 0 Å². The molecule has 112 valence electrons. The molecule has 2 rings (SSSR count). The van der Waals surface area contributed by atoms with Crippen LogP contribution in [0.4, 0.5) is 0 Å². The standard InChI is InChI=1S/C17H27BrN2/c1-3-17(4-2,20-11-5-6-12-20)16(19)13-14-7-9-15(18)10-8-14/h7-10,16H,3-6,11-13,19H2,1-2H3. The summed E-state index contributed by atoms with van der Waals surface area (Å²) in [7, 11) is 0. The quantitative estimate of drug-likeness (QED) is 0.850. The van der Waals surface area contributed by atoms with E-state index in [1.165, 1.54) is 31.5 Å². The molecule has 1 aliphatic heterocycles. The van der Waals surface area contributed by atoms with Crippen LogP contribution in [0.1, 0.15) is 45.1 Å². The third kappa shape index (κ3) is 3.26. The maximum atomic E-state index is 6.67. The highest BCUT2D eigenvalue weighted by Gasteiger charge is 2.40. The molecule has 1 heterocycles. The Morgan fingerprint density at radius 3 is 2.20 bits per heavy atom. The minimum Gasteiger partial charge on any atom is -0.326 e. The second kappa shape index (κ2) is 7.06. The van der Waals surface area contributed by atoms with Crippen LogP contribution in [0.5, 0.6) is 0 Å². The zero-order valence-electron chi connectivity index (χ0n) is 12.7. The summed E-state index contributed by atoms with van der Waals surface area (Å²) >= 11 is 3.49. The molecular formula is C17H27BrN2.